The van der Waals surface area contributed by atoms with Crippen LogP contribution in [0.2, 0.25) is 0 Å². The van der Waals surface area contributed by atoms with Crippen molar-refractivity contribution in [3.05, 3.63) is 35.0 Å². The van der Waals surface area contributed by atoms with Crippen molar-refractivity contribution in [2.45, 2.75) is 39.5 Å². The fraction of sp³-hybridized carbons (Fsp3) is 0.471. The molecule has 1 aliphatic rings. The molecule has 1 aliphatic heterocycles. The molecule has 2 N–H and O–H groups in total. The summed E-state index contributed by atoms with van der Waals surface area (Å²) in [5.41, 5.74) is 12.2. The van der Waals surface area contributed by atoms with Gasteiger partial charge in [-0.05, 0) is 37.3 Å². The van der Waals surface area contributed by atoms with Crippen LogP contribution in [0.4, 0.5) is 17.2 Å². The van der Waals surface area contributed by atoms with Crippen molar-refractivity contribution >= 4 is 17.2 Å². The Kier molecular flexibility index (Phi) is 3.40. The number of nitrogens with two attached hydrogens (primary N) is 1. The molecule has 0 atom stereocenters. The monoisotopic (exact) mass is 284 g/mol. The molecule has 0 radical (unpaired) electrons. The summed E-state index contributed by atoms with van der Waals surface area (Å²) in [6.45, 7) is 7.41. The average Bonchev–Trinajstić information content (AvgIpc) is 2.73. The Morgan fingerprint density at radius 1 is 1.29 bits per heavy atom. The van der Waals surface area contributed by atoms with E-state index in [0.717, 1.165) is 36.6 Å². The number of anilines is 3. The number of aryl methyl sites for hydroxylation is 3. The highest BCUT2D eigenvalue weighted by atomic mass is 15.4. The van der Waals surface area contributed by atoms with Crippen LogP contribution in [0, 0.1) is 6.92 Å². The van der Waals surface area contributed by atoms with Crippen molar-refractivity contribution < 1.29 is 0 Å². The maximum Gasteiger partial charge on any atom is 0.154 e. The largest absolute Gasteiger partial charge is 0.394 e. The summed E-state index contributed by atoms with van der Waals surface area (Å²) < 4.78 is 1.93. The maximum absolute atomic E-state index is 6.40. The van der Waals surface area contributed by atoms with Crippen LogP contribution in [-0.4, -0.2) is 16.3 Å². The number of hydrogen-bond donors (Lipinski definition) is 1. The summed E-state index contributed by atoms with van der Waals surface area (Å²) in [6, 6.07) is 6.68. The van der Waals surface area contributed by atoms with Crippen LogP contribution in [-0.2, 0) is 13.5 Å². The lowest BCUT2D eigenvalue weighted by atomic mass is 9.99. The minimum atomic E-state index is 0.340. The van der Waals surface area contributed by atoms with E-state index in [1.54, 1.807) is 0 Å². The van der Waals surface area contributed by atoms with E-state index in [-0.39, 0.29) is 0 Å². The van der Waals surface area contributed by atoms with Gasteiger partial charge in [0.15, 0.2) is 5.82 Å². The maximum atomic E-state index is 6.40. The van der Waals surface area contributed by atoms with E-state index in [0.29, 0.717) is 5.92 Å². The van der Waals surface area contributed by atoms with E-state index in [1.165, 1.54) is 16.8 Å². The van der Waals surface area contributed by atoms with Gasteiger partial charge in [-0.15, -0.1) is 0 Å². The molecule has 0 amide bonds. The van der Waals surface area contributed by atoms with Crippen molar-refractivity contribution in [3.63, 3.8) is 0 Å². The average molecular weight is 284 g/mol. The molecule has 2 aromatic rings. The Hall–Kier alpha value is -1.97. The van der Waals surface area contributed by atoms with E-state index >= 15 is 0 Å². The van der Waals surface area contributed by atoms with Gasteiger partial charge in [-0.1, -0.05) is 31.5 Å². The first-order chi connectivity index (χ1) is 9.99. The molecule has 0 aliphatic carbocycles. The number of rotatable bonds is 2. The van der Waals surface area contributed by atoms with Gasteiger partial charge in [-0.2, -0.15) is 5.10 Å². The molecule has 1 aromatic carbocycles. The Balaban J connectivity index is 2.11. The molecule has 0 bridgehead atoms. The van der Waals surface area contributed by atoms with Gasteiger partial charge in [0.05, 0.1) is 11.4 Å². The Bertz CT molecular complexity index is 670. The molecule has 0 saturated carbocycles. The van der Waals surface area contributed by atoms with Crippen molar-refractivity contribution in [3.8, 4) is 0 Å². The molecule has 112 valence electrons. The zero-order valence-electron chi connectivity index (χ0n) is 13.3. The van der Waals surface area contributed by atoms with Crippen LogP contribution in [0.5, 0.6) is 0 Å². The normalized spacial score (nSPS) is 14.6. The van der Waals surface area contributed by atoms with E-state index in [9.17, 15) is 0 Å². The van der Waals surface area contributed by atoms with Crippen molar-refractivity contribution in [2.24, 2.45) is 7.05 Å². The summed E-state index contributed by atoms with van der Waals surface area (Å²) in [5.74, 6) is 1.37. The second-order valence-electron chi connectivity index (χ2n) is 6.29. The van der Waals surface area contributed by atoms with Gasteiger partial charge in [-0.25, -0.2) is 0 Å². The van der Waals surface area contributed by atoms with Crippen molar-refractivity contribution in [1.82, 2.24) is 9.78 Å². The number of aromatic nitrogens is 2. The molecule has 0 fully saturated rings. The van der Waals surface area contributed by atoms with E-state index < -0.39 is 0 Å². The predicted octanol–water partition coefficient (Wildman–Crippen LogP) is 3.52. The summed E-state index contributed by atoms with van der Waals surface area (Å²) in [6.07, 6.45) is 2.29. The highest BCUT2D eigenvalue weighted by Gasteiger charge is 2.25. The van der Waals surface area contributed by atoms with Crippen LogP contribution in [0.1, 0.15) is 43.0 Å². The summed E-state index contributed by atoms with van der Waals surface area (Å²) in [7, 11) is 1.99. The quantitative estimate of drug-likeness (QED) is 0.918. The van der Waals surface area contributed by atoms with Gasteiger partial charge in [0, 0.05) is 19.3 Å². The van der Waals surface area contributed by atoms with Gasteiger partial charge >= 0.3 is 0 Å². The van der Waals surface area contributed by atoms with E-state index in [2.05, 4.69) is 49.0 Å². The minimum absolute atomic E-state index is 0.340. The molecular formula is C17H24N4. The molecular weight excluding hydrogens is 260 g/mol. The third-order valence-electron chi connectivity index (χ3n) is 4.24. The molecule has 0 unspecified atom stereocenters. The smallest absolute Gasteiger partial charge is 0.154 e. The fourth-order valence-electron chi connectivity index (χ4n) is 3.24. The zero-order chi connectivity index (χ0) is 15.1. The Morgan fingerprint density at radius 3 is 2.71 bits per heavy atom. The third-order valence-corrected chi connectivity index (χ3v) is 4.24. The van der Waals surface area contributed by atoms with Crippen LogP contribution in [0.15, 0.2) is 18.2 Å². The number of benzene rings is 1. The highest BCUT2D eigenvalue weighted by molar-refractivity contribution is 5.76. The molecule has 1 aromatic heterocycles. The lowest BCUT2D eigenvalue weighted by molar-refractivity contribution is 0.687. The molecule has 0 saturated heterocycles. The number of nitrogen functional groups attached to an aromatic ring is 1. The van der Waals surface area contributed by atoms with Crippen molar-refractivity contribution in [1.29, 1.82) is 0 Å². The van der Waals surface area contributed by atoms with Crippen LogP contribution < -0.4 is 10.6 Å². The molecule has 0 spiro atoms. The first-order valence-electron chi connectivity index (χ1n) is 7.68. The predicted molar refractivity (Wildman–Crippen MR) is 88.2 cm³/mol. The van der Waals surface area contributed by atoms with E-state index in [4.69, 9.17) is 5.73 Å². The number of hydrogen-bond acceptors (Lipinski definition) is 3. The Labute approximate surface area is 126 Å². The third kappa shape index (κ3) is 2.28. The molecule has 4 heteroatoms. The molecule has 2 heterocycles. The van der Waals surface area contributed by atoms with Gasteiger partial charge in [-0.3, -0.25) is 4.68 Å². The lowest BCUT2D eigenvalue weighted by Crippen LogP contribution is -2.27. The van der Waals surface area contributed by atoms with Gasteiger partial charge in [0.2, 0.25) is 0 Å². The van der Waals surface area contributed by atoms with E-state index in [1.807, 2.05) is 11.7 Å². The molecule has 21 heavy (non-hydrogen) atoms. The Morgan fingerprint density at radius 2 is 2.05 bits per heavy atom. The molecule has 3 rings (SSSR count). The van der Waals surface area contributed by atoms with Crippen LogP contribution >= 0.6 is 0 Å². The zero-order valence-corrected chi connectivity index (χ0v) is 13.3. The summed E-state index contributed by atoms with van der Waals surface area (Å²) >= 11 is 0. The number of fused-ring (bicyclic) bond motifs is 1. The van der Waals surface area contributed by atoms with Gasteiger partial charge in [0.25, 0.3) is 0 Å². The summed E-state index contributed by atoms with van der Waals surface area (Å²) in [5, 5.41) is 4.63. The molecule has 4 nitrogen and oxygen atoms in total. The first-order valence-corrected chi connectivity index (χ1v) is 7.68. The standard InChI is InChI=1S/C17H24N4/c1-11(2)16-15(18)17(20(4)19-16)21-9-5-6-13-10-12(3)7-8-14(13)21/h7-8,10-11H,5-6,9,18H2,1-4H3. The summed E-state index contributed by atoms with van der Waals surface area (Å²) in [4.78, 5) is 2.33. The van der Waals surface area contributed by atoms with Gasteiger partial charge in [0.1, 0.15) is 0 Å². The minimum Gasteiger partial charge on any atom is -0.394 e. The van der Waals surface area contributed by atoms with Crippen LogP contribution in [0.25, 0.3) is 0 Å². The fourth-order valence-corrected chi connectivity index (χ4v) is 3.24. The lowest BCUT2D eigenvalue weighted by Gasteiger charge is -2.31. The second-order valence-corrected chi connectivity index (χ2v) is 6.29. The number of nitrogens with zero attached hydrogens (tertiary/aromatic N) is 3. The van der Waals surface area contributed by atoms with Gasteiger partial charge < -0.3 is 10.6 Å². The highest BCUT2D eigenvalue weighted by Crippen LogP contribution is 2.39. The SMILES string of the molecule is Cc1ccc2c(c1)CCCN2c1c(N)c(C(C)C)nn1C. The second kappa shape index (κ2) is 5.10. The topological polar surface area (TPSA) is 47.1 Å². The van der Waals surface area contributed by atoms with Crippen LogP contribution in [0.3, 0.4) is 0 Å². The first kappa shape index (κ1) is 14.0. The van der Waals surface area contributed by atoms with Crippen molar-refractivity contribution in [2.75, 3.05) is 17.2 Å².